The van der Waals surface area contributed by atoms with E-state index in [0.29, 0.717) is 6.54 Å². The standard InChI is InChI=1S/C19H20FN3O4S/c20-15-7-9-16(10-8-15)28(26,27)22-12-18(24)21-13-19(25)23-11-3-5-14-4-1-2-6-17(14)23/h1-2,4,6-10,22H,3,5,11-13H2,(H,21,24). The maximum absolute atomic E-state index is 12.9. The Kier molecular flexibility index (Phi) is 6.05. The summed E-state index contributed by atoms with van der Waals surface area (Å²) in [5.74, 6) is -1.46. The zero-order valence-corrected chi connectivity index (χ0v) is 15.8. The van der Waals surface area contributed by atoms with Crippen LogP contribution in [0.3, 0.4) is 0 Å². The topological polar surface area (TPSA) is 95.6 Å². The Hall–Kier alpha value is -2.78. The van der Waals surface area contributed by atoms with E-state index in [1.807, 2.05) is 24.3 Å². The molecule has 0 aliphatic carbocycles. The van der Waals surface area contributed by atoms with Crippen LogP contribution >= 0.6 is 0 Å². The van der Waals surface area contributed by atoms with Gasteiger partial charge in [0.05, 0.1) is 18.0 Å². The first kappa shape index (κ1) is 20.0. The summed E-state index contributed by atoms with van der Waals surface area (Å²) < 4.78 is 39.2. The molecule has 1 aliphatic rings. The highest BCUT2D eigenvalue weighted by Crippen LogP contribution is 2.26. The molecule has 9 heteroatoms. The smallest absolute Gasteiger partial charge is 0.246 e. The van der Waals surface area contributed by atoms with Crippen molar-refractivity contribution in [3.63, 3.8) is 0 Å². The molecular weight excluding hydrogens is 385 g/mol. The minimum atomic E-state index is -3.94. The summed E-state index contributed by atoms with van der Waals surface area (Å²) in [6.45, 7) is -0.183. The number of fused-ring (bicyclic) bond motifs is 1. The van der Waals surface area contributed by atoms with E-state index >= 15 is 0 Å². The molecule has 1 heterocycles. The lowest BCUT2D eigenvalue weighted by Gasteiger charge is -2.29. The summed E-state index contributed by atoms with van der Waals surface area (Å²) in [6.07, 6.45) is 1.74. The summed E-state index contributed by atoms with van der Waals surface area (Å²) in [5, 5.41) is 2.43. The van der Waals surface area contributed by atoms with Crippen molar-refractivity contribution >= 4 is 27.5 Å². The summed E-state index contributed by atoms with van der Waals surface area (Å²) in [6, 6.07) is 11.9. The van der Waals surface area contributed by atoms with Crippen molar-refractivity contribution in [3.8, 4) is 0 Å². The normalized spacial score (nSPS) is 13.7. The van der Waals surface area contributed by atoms with Crippen LogP contribution in [0.5, 0.6) is 0 Å². The highest BCUT2D eigenvalue weighted by Gasteiger charge is 2.22. The Morgan fingerprint density at radius 3 is 2.50 bits per heavy atom. The second-order valence-electron chi connectivity index (χ2n) is 6.33. The number of anilines is 1. The molecule has 0 unspecified atom stereocenters. The van der Waals surface area contributed by atoms with Crippen LogP contribution in [0.2, 0.25) is 0 Å². The molecule has 0 spiro atoms. The lowest BCUT2D eigenvalue weighted by molar-refractivity contribution is -0.124. The molecule has 148 valence electrons. The van der Waals surface area contributed by atoms with E-state index in [2.05, 4.69) is 10.0 Å². The molecule has 3 rings (SSSR count). The fraction of sp³-hybridized carbons (Fsp3) is 0.263. The summed E-state index contributed by atoms with van der Waals surface area (Å²) in [5.41, 5.74) is 1.92. The molecule has 0 aromatic heterocycles. The second-order valence-corrected chi connectivity index (χ2v) is 8.10. The summed E-state index contributed by atoms with van der Waals surface area (Å²) in [7, 11) is -3.94. The van der Waals surface area contributed by atoms with Crippen LogP contribution in [-0.4, -0.2) is 39.9 Å². The summed E-state index contributed by atoms with van der Waals surface area (Å²) in [4.78, 5) is 25.9. The van der Waals surface area contributed by atoms with E-state index in [9.17, 15) is 22.4 Å². The number of rotatable bonds is 6. The van der Waals surface area contributed by atoms with Gasteiger partial charge in [-0.3, -0.25) is 9.59 Å². The van der Waals surface area contributed by atoms with Crippen LogP contribution in [-0.2, 0) is 26.0 Å². The number of carbonyl (C=O) groups excluding carboxylic acids is 2. The SMILES string of the molecule is O=C(CNS(=O)(=O)c1ccc(F)cc1)NCC(=O)N1CCCc2ccccc21. The van der Waals surface area contributed by atoms with Gasteiger partial charge in [0.2, 0.25) is 21.8 Å². The highest BCUT2D eigenvalue weighted by atomic mass is 32.2. The van der Waals surface area contributed by atoms with Gasteiger partial charge in [0.1, 0.15) is 5.82 Å². The zero-order chi connectivity index (χ0) is 20.1. The molecular formula is C19H20FN3O4S. The van der Waals surface area contributed by atoms with Gasteiger partial charge >= 0.3 is 0 Å². The van der Waals surface area contributed by atoms with Gasteiger partial charge in [-0.2, -0.15) is 0 Å². The van der Waals surface area contributed by atoms with E-state index in [1.165, 1.54) is 0 Å². The van der Waals surface area contributed by atoms with Gasteiger partial charge in [-0.15, -0.1) is 0 Å². The molecule has 1 aliphatic heterocycles. The first-order valence-corrected chi connectivity index (χ1v) is 10.3. The van der Waals surface area contributed by atoms with Crippen molar-refractivity contribution in [1.82, 2.24) is 10.0 Å². The van der Waals surface area contributed by atoms with Crippen LogP contribution in [0, 0.1) is 5.82 Å². The maximum atomic E-state index is 12.9. The van der Waals surface area contributed by atoms with Crippen LogP contribution in [0.4, 0.5) is 10.1 Å². The highest BCUT2D eigenvalue weighted by molar-refractivity contribution is 7.89. The fourth-order valence-corrected chi connectivity index (χ4v) is 3.96. The van der Waals surface area contributed by atoms with Gasteiger partial charge in [-0.05, 0) is 48.7 Å². The van der Waals surface area contributed by atoms with E-state index in [0.717, 1.165) is 48.4 Å². The third-order valence-electron chi connectivity index (χ3n) is 4.39. The Morgan fingerprint density at radius 2 is 1.75 bits per heavy atom. The Labute approximate surface area is 162 Å². The number of carbonyl (C=O) groups is 2. The number of hydrogen-bond acceptors (Lipinski definition) is 4. The van der Waals surface area contributed by atoms with Crippen molar-refractivity contribution in [1.29, 1.82) is 0 Å². The van der Waals surface area contributed by atoms with Crippen molar-refractivity contribution in [3.05, 3.63) is 59.9 Å². The molecule has 2 aromatic rings. The Bertz CT molecular complexity index is 977. The van der Waals surface area contributed by atoms with Crippen molar-refractivity contribution in [2.75, 3.05) is 24.5 Å². The van der Waals surface area contributed by atoms with Gasteiger partial charge < -0.3 is 10.2 Å². The monoisotopic (exact) mass is 405 g/mol. The van der Waals surface area contributed by atoms with E-state index < -0.39 is 28.3 Å². The van der Waals surface area contributed by atoms with E-state index in [1.54, 1.807) is 4.90 Å². The van der Waals surface area contributed by atoms with E-state index in [-0.39, 0.29) is 17.3 Å². The summed E-state index contributed by atoms with van der Waals surface area (Å²) >= 11 is 0. The predicted molar refractivity (Wildman–Crippen MR) is 102 cm³/mol. The van der Waals surface area contributed by atoms with E-state index in [4.69, 9.17) is 0 Å². The number of benzene rings is 2. The molecule has 28 heavy (non-hydrogen) atoms. The first-order valence-electron chi connectivity index (χ1n) is 8.77. The third-order valence-corrected chi connectivity index (χ3v) is 5.81. The molecule has 0 fully saturated rings. The molecule has 0 atom stereocenters. The molecule has 0 radical (unpaired) electrons. The molecule has 2 N–H and O–H groups in total. The fourth-order valence-electron chi connectivity index (χ4n) is 2.98. The van der Waals surface area contributed by atoms with Crippen molar-refractivity contribution < 1.29 is 22.4 Å². The quantitative estimate of drug-likeness (QED) is 0.755. The van der Waals surface area contributed by atoms with Crippen LogP contribution in [0.1, 0.15) is 12.0 Å². The van der Waals surface area contributed by atoms with Gasteiger partial charge in [-0.1, -0.05) is 18.2 Å². The minimum absolute atomic E-state index is 0.150. The third kappa shape index (κ3) is 4.73. The Morgan fingerprint density at radius 1 is 1.04 bits per heavy atom. The van der Waals surface area contributed by atoms with Gasteiger partial charge in [0.25, 0.3) is 0 Å². The number of aryl methyl sites for hydroxylation is 1. The Balaban J connectivity index is 1.52. The number of sulfonamides is 1. The number of halogens is 1. The van der Waals surface area contributed by atoms with Crippen LogP contribution < -0.4 is 14.9 Å². The molecule has 0 saturated carbocycles. The van der Waals surface area contributed by atoms with Gasteiger partial charge in [0, 0.05) is 12.2 Å². The number of amides is 2. The average molecular weight is 405 g/mol. The van der Waals surface area contributed by atoms with Crippen LogP contribution in [0.25, 0.3) is 0 Å². The number of nitrogens with one attached hydrogen (secondary N) is 2. The number of hydrogen-bond donors (Lipinski definition) is 2. The first-order chi connectivity index (χ1) is 13.4. The predicted octanol–water partition coefficient (Wildman–Crippen LogP) is 1.20. The lowest BCUT2D eigenvalue weighted by atomic mass is 10.0. The van der Waals surface area contributed by atoms with Crippen molar-refractivity contribution in [2.45, 2.75) is 17.7 Å². The molecule has 0 saturated heterocycles. The minimum Gasteiger partial charge on any atom is -0.346 e. The van der Waals surface area contributed by atoms with Crippen molar-refractivity contribution in [2.24, 2.45) is 0 Å². The molecule has 0 bridgehead atoms. The van der Waals surface area contributed by atoms with Gasteiger partial charge in [0.15, 0.2) is 0 Å². The molecule has 2 aromatic carbocycles. The molecule has 2 amide bonds. The zero-order valence-electron chi connectivity index (χ0n) is 15.0. The number of para-hydroxylation sites is 1. The lowest BCUT2D eigenvalue weighted by Crippen LogP contribution is -2.45. The largest absolute Gasteiger partial charge is 0.346 e. The maximum Gasteiger partial charge on any atom is 0.246 e. The van der Waals surface area contributed by atoms with Crippen LogP contribution in [0.15, 0.2) is 53.4 Å². The van der Waals surface area contributed by atoms with Gasteiger partial charge in [-0.25, -0.2) is 17.5 Å². The second kappa shape index (κ2) is 8.49. The average Bonchev–Trinajstić information content (AvgIpc) is 2.70. The molecule has 7 nitrogen and oxygen atoms in total. The number of nitrogens with zero attached hydrogens (tertiary/aromatic N) is 1.